The Morgan fingerprint density at radius 3 is 2.80 bits per heavy atom. The van der Waals surface area contributed by atoms with Gasteiger partial charge in [0.05, 0.1) is 25.2 Å². The lowest BCUT2D eigenvalue weighted by molar-refractivity contribution is -0.133. The van der Waals surface area contributed by atoms with Crippen LogP contribution in [0, 0.1) is 0 Å². The molecule has 134 valence electrons. The molecule has 2 atom stereocenters. The minimum absolute atomic E-state index is 0.0606. The number of amides is 4. The molecule has 2 aliphatic heterocycles. The number of nitrogens with one attached hydrogen (secondary N) is 2. The van der Waals surface area contributed by atoms with Crippen molar-refractivity contribution >= 4 is 23.5 Å². The second-order valence-electron chi connectivity index (χ2n) is 6.24. The Labute approximate surface area is 146 Å². The fraction of sp³-hybridized carbons (Fsp3) is 0.471. The molecule has 25 heavy (non-hydrogen) atoms. The van der Waals surface area contributed by atoms with Crippen LogP contribution in [-0.4, -0.2) is 61.6 Å². The lowest BCUT2D eigenvalue weighted by atomic mass is 10.1. The Kier molecular flexibility index (Phi) is 4.78. The largest absolute Gasteiger partial charge is 0.485 e. The number of hydrogen-bond donors (Lipinski definition) is 2. The van der Waals surface area contributed by atoms with Gasteiger partial charge in [-0.05, 0) is 19.1 Å². The minimum Gasteiger partial charge on any atom is -0.485 e. The van der Waals surface area contributed by atoms with Crippen LogP contribution in [0.2, 0.25) is 0 Å². The van der Waals surface area contributed by atoms with Gasteiger partial charge in [-0.3, -0.25) is 14.9 Å². The molecule has 2 heterocycles. The summed E-state index contributed by atoms with van der Waals surface area (Å²) in [5.74, 6) is 0.128. The maximum absolute atomic E-state index is 12.3. The van der Waals surface area contributed by atoms with Gasteiger partial charge in [-0.25, -0.2) is 4.79 Å². The first kappa shape index (κ1) is 17.1. The van der Waals surface area contributed by atoms with Crippen LogP contribution in [0.3, 0.4) is 0 Å². The van der Waals surface area contributed by atoms with E-state index in [2.05, 4.69) is 22.5 Å². The number of carbonyl (C=O) groups excluding carboxylic acids is 3. The zero-order valence-corrected chi connectivity index (χ0v) is 14.3. The molecular formula is C17H22N4O4. The molecule has 2 aliphatic rings. The minimum atomic E-state index is -0.803. The van der Waals surface area contributed by atoms with Gasteiger partial charge in [-0.2, -0.15) is 0 Å². The number of benzene rings is 1. The van der Waals surface area contributed by atoms with E-state index in [0.29, 0.717) is 13.1 Å². The molecule has 0 unspecified atom stereocenters. The van der Waals surface area contributed by atoms with Gasteiger partial charge in [-0.1, -0.05) is 12.1 Å². The highest BCUT2D eigenvalue weighted by Crippen LogP contribution is 2.32. The molecule has 8 heteroatoms. The zero-order chi connectivity index (χ0) is 18.0. The third-order valence-electron chi connectivity index (χ3n) is 4.45. The molecule has 0 aliphatic carbocycles. The molecule has 4 amide bonds. The number of anilines is 1. The second kappa shape index (κ2) is 7.00. The topological polar surface area (TPSA) is 91.0 Å². The number of ether oxygens (including phenoxy) is 1. The first-order valence-corrected chi connectivity index (χ1v) is 8.34. The summed E-state index contributed by atoms with van der Waals surface area (Å²) in [7, 11) is 1.68. The molecule has 3 rings (SSSR count). The van der Waals surface area contributed by atoms with E-state index in [4.69, 9.17) is 4.74 Å². The fourth-order valence-corrected chi connectivity index (χ4v) is 3.11. The summed E-state index contributed by atoms with van der Waals surface area (Å²) in [4.78, 5) is 38.8. The highest BCUT2D eigenvalue weighted by Gasteiger charge is 2.33. The summed E-state index contributed by atoms with van der Waals surface area (Å²) >= 11 is 0. The average Bonchev–Trinajstić information content (AvgIpc) is 2.91. The molecule has 0 saturated carbocycles. The standard InChI is InChI=1S/C17H22N4O4/c1-3-21-10-11(25-14-7-5-4-6-13(14)21)9-20(2)15(22)8-12-16(23)19-17(24)18-12/h4-7,11-12H,3,8-10H2,1-2H3,(H2,18,19,23,24)/t11-,12-/m0/s1. The SMILES string of the molecule is CCN1C[C@H](CN(C)C(=O)C[C@@H]2NC(=O)NC2=O)Oc2ccccc21. The van der Waals surface area contributed by atoms with Crippen LogP contribution >= 0.6 is 0 Å². The van der Waals surface area contributed by atoms with Crippen LogP contribution < -0.4 is 20.3 Å². The van der Waals surface area contributed by atoms with E-state index in [-0.39, 0.29) is 18.4 Å². The van der Waals surface area contributed by atoms with E-state index < -0.39 is 18.0 Å². The van der Waals surface area contributed by atoms with E-state index in [0.717, 1.165) is 18.0 Å². The maximum atomic E-state index is 12.3. The maximum Gasteiger partial charge on any atom is 0.322 e. The van der Waals surface area contributed by atoms with E-state index in [1.807, 2.05) is 24.3 Å². The molecule has 0 radical (unpaired) electrons. The molecule has 0 aromatic heterocycles. The summed E-state index contributed by atoms with van der Waals surface area (Å²) in [6, 6.07) is 6.47. The summed E-state index contributed by atoms with van der Waals surface area (Å²) in [5.41, 5.74) is 1.06. The van der Waals surface area contributed by atoms with Crippen LogP contribution in [0.5, 0.6) is 5.75 Å². The van der Waals surface area contributed by atoms with Crippen molar-refractivity contribution < 1.29 is 19.1 Å². The molecule has 2 N–H and O–H groups in total. The van der Waals surface area contributed by atoms with Gasteiger partial charge in [-0.15, -0.1) is 0 Å². The average molecular weight is 346 g/mol. The van der Waals surface area contributed by atoms with Crippen molar-refractivity contribution in [3.8, 4) is 5.75 Å². The molecular weight excluding hydrogens is 324 g/mol. The normalized spacial score (nSPS) is 21.9. The Bertz CT molecular complexity index is 693. The molecule has 1 fully saturated rings. The molecule has 0 bridgehead atoms. The van der Waals surface area contributed by atoms with Gasteiger partial charge in [0.1, 0.15) is 17.9 Å². The van der Waals surface area contributed by atoms with E-state index in [9.17, 15) is 14.4 Å². The van der Waals surface area contributed by atoms with Gasteiger partial charge in [0.2, 0.25) is 5.91 Å². The van der Waals surface area contributed by atoms with Gasteiger partial charge in [0, 0.05) is 13.6 Å². The Morgan fingerprint density at radius 1 is 1.36 bits per heavy atom. The van der Waals surface area contributed by atoms with Gasteiger partial charge in [0.15, 0.2) is 0 Å². The van der Waals surface area contributed by atoms with Gasteiger partial charge >= 0.3 is 6.03 Å². The number of rotatable bonds is 5. The van der Waals surface area contributed by atoms with Gasteiger partial charge in [0.25, 0.3) is 5.91 Å². The van der Waals surface area contributed by atoms with Crippen LogP contribution in [0.15, 0.2) is 24.3 Å². The Hall–Kier alpha value is -2.77. The number of imide groups is 1. The van der Waals surface area contributed by atoms with Crippen molar-refractivity contribution in [2.45, 2.75) is 25.5 Å². The number of para-hydroxylation sites is 2. The third kappa shape index (κ3) is 3.67. The van der Waals surface area contributed by atoms with Crippen LogP contribution in [0.1, 0.15) is 13.3 Å². The second-order valence-corrected chi connectivity index (χ2v) is 6.24. The molecule has 1 aromatic rings. The van der Waals surface area contributed by atoms with Crippen molar-refractivity contribution in [2.75, 3.05) is 31.6 Å². The summed E-state index contributed by atoms with van der Waals surface area (Å²) in [5, 5.41) is 4.56. The molecule has 8 nitrogen and oxygen atoms in total. The molecule has 1 saturated heterocycles. The van der Waals surface area contributed by atoms with E-state index in [1.54, 1.807) is 11.9 Å². The predicted octanol–water partition coefficient (Wildman–Crippen LogP) is 0.330. The van der Waals surface area contributed by atoms with Crippen LogP contribution in [0.25, 0.3) is 0 Å². The van der Waals surface area contributed by atoms with Crippen molar-refractivity contribution in [2.24, 2.45) is 0 Å². The van der Waals surface area contributed by atoms with E-state index >= 15 is 0 Å². The van der Waals surface area contributed by atoms with Crippen LogP contribution in [-0.2, 0) is 9.59 Å². The zero-order valence-electron chi connectivity index (χ0n) is 14.3. The predicted molar refractivity (Wildman–Crippen MR) is 91.5 cm³/mol. The number of nitrogens with zero attached hydrogens (tertiary/aromatic N) is 2. The lowest BCUT2D eigenvalue weighted by Gasteiger charge is -2.37. The number of urea groups is 1. The number of carbonyl (C=O) groups is 3. The number of likely N-dealkylation sites (N-methyl/N-ethyl adjacent to an activating group) is 2. The van der Waals surface area contributed by atoms with Crippen molar-refractivity contribution in [3.63, 3.8) is 0 Å². The summed E-state index contributed by atoms with van der Waals surface area (Å²) in [6.45, 7) is 4.02. The van der Waals surface area contributed by atoms with Crippen molar-refractivity contribution in [3.05, 3.63) is 24.3 Å². The summed E-state index contributed by atoms with van der Waals surface area (Å²) in [6.07, 6.45) is -0.217. The number of hydrogen-bond acceptors (Lipinski definition) is 5. The molecule has 0 spiro atoms. The Morgan fingerprint density at radius 2 is 2.12 bits per heavy atom. The highest BCUT2D eigenvalue weighted by molar-refractivity contribution is 6.05. The fourth-order valence-electron chi connectivity index (χ4n) is 3.11. The highest BCUT2D eigenvalue weighted by atomic mass is 16.5. The molecule has 1 aromatic carbocycles. The number of fused-ring (bicyclic) bond motifs is 1. The Balaban J connectivity index is 1.59. The van der Waals surface area contributed by atoms with Crippen molar-refractivity contribution in [1.82, 2.24) is 15.5 Å². The summed E-state index contributed by atoms with van der Waals surface area (Å²) < 4.78 is 6.01. The van der Waals surface area contributed by atoms with Crippen molar-refractivity contribution in [1.29, 1.82) is 0 Å². The van der Waals surface area contributed by atoms with Gasteiger partial charge < -0.3 is 19.9 Å². The monoisotopic (exact) mass is 346 g/mol. The van der Waals surface area contributed by atoms with E-state index in [1.165, 1.54) is 0 Å². The first-order chi connectivity index (χ1) is 12.0. The lowest BCUT2D eigenvalue weighted by Crippen LogP contribution is -2.47. The third-order valence-corrected chi connectivity index (χ3v) is 4.45. The van der Waals surface area contributed by atoms with Crippen LogP contribution in [0.4, 0.5) is 10.5 Å². The smallest absolute Gasteiger partial charge is 0.322 e. The first-order valence-electron chi connectivity index (χ1n) is 8.34. The quantitative estimate of drug-likeness (QED) is 0.750.